The lowest BCUT2D eigenvalue weighted by Gasteiger charge is -2.02. The molecule has 1 aliphatic rings. The molecule has 0 fully saturated rings. The van der Waals surface area contributed by atoms with Crippen LogP contribution in [0.25, 0.3) is 0 Å². The lowest BCUT2D eigenvalue weighted by Crippen LogP contribution is -2.20. The van der Waals surface area contributed by atoms with Crippen molar-refractivity contribution < 1.29 is 4.79 Å². The fourth-order valence-corrected chi connectivity index (χ4v) is 0.615. The molecule has 0 N–H and O–H groups in total. The van der Waals surface area contributed by atoms with Crippen molar-refractivity contribution in [1.29, 1.82) is 0 Å². The van der Waals surface area contributed by atoms with Crippen molar-refractivity contribution in [2.45, 2.75) is 6.92 Å². The van der Waals surface area contributed by atoms with Crippen LogP contribution in [0.2, 0.25) is 0 Å². The van der Waals surface area contributed by atoms with Crippen LogP contribution in [0.15, 0.2) is 5.10 Å². The summed E-state index contributed by atoms with van der Waals surface area (Å²) in [5, 5.41) is 5.11. The zero-order valence-electron chi connectivity index (χ0n) is 4.96. The monoisotopic (exact) mass is 112 g/mol. The minimum atomic E-state index is -0.0139. The second-order valence-electron chi connectivity index (χ2n) is 1.92. The number of carbonyl (C=O) groups is 1. The Labute approximate surface area is 48.0 Å². The number of nitrogens with zero attached hydrogens (tertiary/aromatic N) is 2. The highest BCUT2D eigenvalue weighted by molar-refractivity contribution is 5.96. The van der Waals surface area contributed by atoms with Crippen LogP contribution in [0, 0.1) is 5.92 Å². The smallest absolute Gasteiger partial charge is 0.250 e. The van der Waals surface area contributed by atoms with Crippen LogP contribution >= 0.6 is 0 Å². The predicted molar refractivity (Wildman–Crippen MR) is 30.4 cm³/mol. The first-order valence-electron chi connectivity index (χ1n) is 2.53. The summed E-state index contributed by atoms with van der Waals surface area (Å²) in [6.45, 7) is 1.83. The molecule has 1 rings (SSSR count). The second kappa shape index (κ2) is 1.58. The van der Waals surface area contributed by atoms with Gasteiger partial charge in [0.25, 0.3) is 5.91 Å². The van der Waals surface area contributed by atoms with Crippen LogP contribution in [-0.4, -0.2) is 24.2 Å². The summed E-state index contributed by atoms with van der Waals surface area (Å²) in [7, 11) is 1.66. The molecule has 0 aromatic rings. The van der Waals surface area contributed by atoms with Gasteiger partial charge in [-0.1, -0.05) is 0 Å². The molecule has 0 saturated heterocycles. The van der Waals surface area contributed by atoms with Crippen LogP contribution in [0.1, 0.15) is 6.92 Å². The number of rotatable bonds is 0. The van der Waals surface area contributed by atoms with E-state index in [2.05, 4.69) is 5.10 Å². The highest BCUT2D eigenvalue weighted by Gasteiger charge is 2.19. The zero-order chi connectivity index (χ0) is 6.15. The van der Waals surface area contributed by atoms with E-state index in [1.165, 1.54) is 5.01 Å². The Morgan fingerprint density at radius 3 is 2.62 bits per heavy atom. The molecular formula is C5H8N2O. The highest BCUT2D eigenvalue weighted by atomic mass is 16.2. The molecule has 0 saturated carbocycles. The van der Waals surface area contributed by atoms with Gasteiger partial charge in [0.05, 0.1) is 5.92 Å². The Bertz CT molecular complexity index is 127. The number of hydrogen-bond acceptors (Lipinski definition) is 2. The summed E-state index contributed by atoms with van der Waals surface area (Å²) < 4.78 is 0. The summed E-state index contributed by atoms with van der Waals surface area (Å²) in [5.41, 5.74) is 0. The van der Waals surface area contributed by atoms with Crippen molar-refractivity contribution in [2.75, 3.05) is 7.05 Å². The summed E-state index contributed by atoms with van der Waals surface area (Å²) in [5.74, 6) is 0.0602. The van der Waals surface area contributed by atoms with E-state index in [-0.39, 0.29) is 11.8 Å². The average molecular weight is 112 g/mol. The first-order valence-corrected chi connectivity index (χ1v) is 2.53. The molecule has 0 aliphatic carbocycles. The molecule has 0 aromatic carbocycles. The molecule has 0 radical (unpaired) electrons. The summed E-state index contributed by atoms with van der Waals surface area (Å²) in [6.07, 6.45) is 1.64. The van der Waals surface area contributed by atoms with E-state index in [4.69, 9.17) is 0 Å². The maximum absolute atomic E-state index is 10.7. The van der Waals surface area contributed by atoms with Gasteiger partial charge in [0.15, 0.2) is 0 Å². The largest absolute Gasteiger partial charge is 0.272 e. The van der Waals surface area contributed by atoms with E-state index in [1.54, 1.807) is 13.3 Å². The maximum Gasteiger partial charge on any atom is 0.250 e. The minimum Gasteiger partial charge on any atom is -0.272 e. The molecular weight excluding hydrogens is 104 g/mol. The molecule has 1 amide bonds. The van der Waals surface area contributed by atoms with Gasteiger partial charge >= 0.3 is 0 Å². The number of amides is 1. The van der Waals surface area contributed by atoms with Gasteiger partial charge in [0.1, 0.15) is 0 Å². The minimum absolute atomic E-state index is 0.0139. The van der Waals surface area contributed by atoms with Gasteiger partial charge in [0.2, 0.25) is 0 Å². The molecule has 1 aliphatic heterocycles. The molecule has 44 valence electrons. The standard InChI is InChI=1S/C5H8N2O/c1-4-3-6-7(2)5(4)8/h3-4H,1-2H3. The highest BCUT2D eigenvalue weighted by Crippen LogP contribution is 2.04. The zero-order valence-corrected chi connectivity index (χ0v) is 4.96. The van der Waals surface area contributed by atoms with Crippen molar-refractivity contribution in [3.05, 3.63) is 0 Å². The molecule has 3 nitrogen and oxygen atoms in total. The third-order valence-corrected chi connectivity index (χ3v) is 1.17. The molecule has 3 heteroatoms. The SMILES string of the molecule is CC1C=NN(C)C1=O. The normalized spacial score (nSPS) is 27.5. The van der Waals surface area contributed by atoms with Crippen LogP contribution in [-0.2, 0) is 4.79 Å². The van der Waals surface area contributed by atoms with Crippen LogP contribution in [0.3, 0.4) is 0 Å². The second-order valence-corrected chi connectivity index (χ2v) is 1.92. The topological polar surface area (TPSA) is 32.7 Å². The summed E-state index contributed by atoms with van der Waals surface area (Å²) in [4.78, 5) is 10.7. The van der Waals surface area contributed by atoms with E-state index >= 15 is 0 Å². The van der Waals surface area contributed by atoms with Crippen LogP contribution in [0.5, 0.6) is 0 Å². The van der Waals surface area contributed by atoms with Gasteiger partial charge in [-0.3, -0.25) is 4.79 Å². The van der Waals surface area contributed by atoms with Crippen molar-refractivity contribution in [1.82, 2.24) is 5.01 Å². The van der Waals surface area contributed by atoms with Crippen molar-refractivity contribution in [2.24, 2.45) is 11.0 Å². The Balaban J connectivity index is 2.70. The van der Waals surface area contributed by atoms with Crippen LogP contribution < -0.4 is 0 Å². The molecule has 8 heavy (non-hydrogen) atoms. The first-order chi connectivity index (χ1) is 3.72. The fraction of sp³-hybridized carbons (Fsp3) is 0.600. The fourth-order valence-electron chi connectivity index (χ4n) is 0.615. The molecule has 0 bridgehead atoms. The van der Waals surface area contributed by atoms with Crippen LogP contribution in [0.4, 0.5) is 0 Å². The Hall–Kier alpha value is -0.860. The van der Waals surface area contributed by atoms with Gasteiger partial charge in [0, 0.05) is 13.3 Å². The Kier molecular flexibility index (Phi) is 1.04. The van der Waals surface area contributed by atoms with E-state index in [0.29, 0.717) is 0 Å². The van der Waals surface area contributed by atoms with E-state index < -0.39 is 0 Å². The predicted octanol–water partition coefficient (Wildman–Crippen LogP) is 0.0803. The molecule has 1 unspecified atom stereocenters. The molecule has 0 spiro atoms. The third-order valence-electron chi connectivity index (χ3n) is 1.17. The molecule has 1 atom stereocenters. The molecule has 0 aromatic heterocycles. The van der Waals surface area contributed by atoms with Gasteiger partial charge in [-0.05, 0) is 6.92 Å². The average Bonchev–Trinajstić information content (AvgIpc) is 1.98. The number of hydrazone groups is 1. The number of carbonyl (C=O) groups excluding carboxylic acids is 1. The quantitative estimate of drug-likeness (QED) is 0.436. The van der Waals surface area contributed by atoms with E-state index in [1.807, 2.05) is 6.92 Å². The first kappa shape index (κ1) is 5.28. The van der Waals surface area contributed by atoms with Gasteiger partial charge in [-0.25, -0.2) is 5.01 Å². The van der Waals surface area contributed by atoms with Gasteiger partial charge < -0.3 is 0 Å². The molecule has 1 heterocycles. The van der Waals surface area contributed by atoms with Crippen molar-refractivity contribution in [3.63, 3.8) is 0 Å². The van der Waals surface area contributed by atoms with E-state index in [9.17, 15) is 4.79 Å². The van der Waals surface area contributed by atoms with Crippen molar-refractivity contribution in [3.8, 4) is 0 Å². The lowest BCUT2D eigenvalue weighted by atomic mass is 10.2. The van der Waals surface area contributed by atoms with Crippen molar-refractivity contribution >= 4 is 12.1 Å². The summed E-state index contributed by atoms with van der Waals surface area (Å²) >= 11 is 0. The van der Waals surface area contributed by atoms with E-state index in [0.717, 1.165) is 0 Å². The summed E-state index contributed by atoms with van der Waals surface area (Å²) in [6, 6.07) is 0. The van der Waals surface area contributed by atoms with Gasteiger partial charge in [-0.2, -0.15) is 5.10 Å². The maximum atomic E-state index is 10.7. The third kappa shape index (κ3) is 0.598. The Morgan fingerprint density at radius 2 is 2.50 bits per heavy atom. The van der Waals surface area contributed by atoms with Gasteiger partial charge in [-0.15, -0.1) is 0 Å². The lowest BCUT2D eigenvalue weighted by molar-refractivity contribution is -0.130. The number of hydrogen-bond donors (Lipinski definition) is 0. The Morgan fingerprint density at radius 1 is 1.88 bits per heavy atom.